The summed E-state index contributed by atoms with van der Waals surface area (Å²) in [4.78, 5) is 2.26. The lowest BCUT2D eigenvalue weighted by molar-refractivity contribution is 0.446. The van der Waals surface area contributed by atoms with E-state index in [1.807, 2.05) is 11.8 Å². The van der Waals surface area contributed by atoms with Gasteiger partial charge in [0.2, 0.25) is 0 Å². The molecule has 0 atom stereocenters. The first-order chi connectivity index (χ1) is 5.38. The van der Waals surface area contributed by atoms with Crippen LogP contribution in [0.1, 0.15) is 12.8 Å². The van der Waals surface area contributed by atoms with Crippen LogP contribution in [0.4, 0.5) is 0 Å². The fourth-order valence-corrected chi connectivity index (χ4v) is 2.32. The van der Waals surface area contributed by atoms with E-state index in [-0.39, 0.29) is 0 Å². The number of thioether (sulfide) groups is 1. The van der Waals surface area contributed by atoms with E-state index in [9.17, 15) is 0 Å². The molecule has 1 aliphatic carbocycles. The maximum Gasteiger partial charge on any atom is 0.0990 e. The topological polar surface area (TPSA) is 27.1 Å². The fourth-order valence-electron chi connectivity index (χ4n) is 1.42. The van der Waals surface area contributed by atoms with Crippen LogP contribution in [0.3, 0.4) is 0 Å². The van der Waals surface area contributed by atoms with E-state index < -0.39 is 0 Å². The smallest absolute Gasteiger partial charge is 0.0990 e. The molecule has 2 aliphatic rings. The van der Waals surface area contributed by atoms with Gasteiger partial charge >= 0.3 is 0 Å². The van der Waals surface area contributed by atoms with E-state index in [0.29, 0.717) is 5.92 Å². The minimum absolute atomic E-state index is 0.637. The van der Waals surface area contributed by atoms with Crippen molar-refractivity contribution in [3.8, 4) is 0 Å². The first-order valence-corrected chi connectivity index (χ1v) is 5.44. The molecule has 2 nitrogen and oxygen atoms in total. The van der Waals surface area contributed by atoms with E-state index in [4.69, 9.17) is 5.41 Å². The highest BCUT2D eigenvalue weighted by atomic mass is 32.2. The third-order valence-corrected chi connectivity index (χ3v) is 3.26. The van der Waals surface area contributed by atoms with Crippen molar-refractivity contribution in [1.29, 1.82) is 5.41 Å². The average molecular weight is 170 g/mol. The molecule has 1 N–H and O–H groups in total. The Morgan fingerprint density at radius 1 is 1.27 bits per heavy atom. The number of nitrogens with one attached hydrogen (secondary N) is 1. The summed E-state index contributed by atoms with van der Waals surface area (Å²) >= 11 is 2.01. The average Bonchev–Trinajstić information content (AvgIpc) is 2.87. The SMILES string of the molecule is N=C(C1CC1)N1CCSCC1. The van der Waals surface area contributed by atoms with Crippen LogP contribution in [-0.4, -0.2) is 35.3 Å². The van der Waals surface area contributed by atoms with Crippen molar-refractivity contribution in [2.75, 3.05) is 24.6 Å². The van der Waals surface area contributed by atoms with Gasteiger partial charge in [-0.05, 0) is 12.8 Å². The molecule has 0 unspecified atom stereocenters. The number of rotatable bonds is 1. The van der Waals surface area contributed by atoms with E-state index in [1.54, 1.807) is 0 Å². The highest BCUT2D eigenvalue weighted by Gasteiger charge is 2.30. The normalized spacial score (nSPS) is 25.3. The maximum atomic E-state index is 7.82. The Kier molecular flexibility index (Phi) is 2.07. The van der Waals surface area contributed by atoms with Crippen LogP contribution in [0, 0.1) is 11.3 Å². The molecule has 0 aromatic rings. The highest BCUT2D eigenvalue weighted by Crippen LogP contribution is 2.31. The molecule has 62 valence electrons. The quantitative estimate of drug-likeness (QED) is 0.476. The van der Waals surface area contributed by atoms with Gasteiger partial charge in [-0.2, -0.15) is 11.8 Å². The molecule has 0 spiro atoms. The van der Waals surface area contributed by atoms with Gasteiger partial charge in [0.05, 0.1) is 5.84 Å². The Morgan fingerprint density at radius 2 is 1.91 bits per heavy atom. The molecule has 1 heterocycles. The number of nitrogens with zero attached hydrogens (tertiary/aromatic N) is 1. The van der Waals surface area contributed by atoms with E-state index >= 15 is 0 Å². The molecule has 1 saturated heterocycles. The molecule has 2 rings (SSSR count). The van der Waals surface area contributed by atoms with Crippen molar-refractivity contribution in [1.82, 2.24) is 4.90 Å². The van der Waals surface area contributed by atoms with Crippen LogP contribution >= 0.6 is 11.8 Å². The lowest BCUT2D eigenvalue weighted by Crippen LogP contribution is -2.38. The molecule has 0 aromatic heterocycles. The fraction of sp³-hybridized carbons (Fsp3) is 0.875. The minimum atomic E-state index is 0.637. The van der Waals surface area contributed by atoms with Gasteiger partial charge in [-0.1, -0.05) is 0 Å². The van der Waals surface area contributed by atoms with Gasteiger partial charge < -0.3 is 4.90 Å². The second kappa shape index (κ2) is 3.05. The minimum Gasteiger partial charge on any atom is -0.359 e. The summed E-state index contributed by atoms with van der Waals surface area (Å²) in [5.74, 6) is 3.99. The molecular formula is C8H14N2S. The Balaban J connectivity index is 1.86. The molecular weight excluding hydrogens is 156 g/mol. The summed E-state index contributed by atoms with van der Waals surface area (Å²) < 4.78 is 0. The van der Waals surface area contributed by atoms with Crippen molar-refractivity contribution in [2.24, 2.45) is 5.92 Å². The molecule has 0 amide bonds. The van der Waals surface area contributed by atoms with Crippen LogP contribution < -0.4 is 0 Å². The third kappa shape index (κ3) is 1.70. The summed E-state index contributed by atoms with van der Waals surface area (Å²) in [5.41, 5.74) is 0. The summed E-state index contributed by atoms with van der Waals surface area (Å²) in [6, 6.07) is 0. The largest absolute Gasteiger partial charge is 0.359 e. The van der Waals surface area contributed by atoms with Crippen molar-refractivity contribution >= 4 is 17.6 Å². The number of amidine groups is 1. The van der Waals surface area contributed by atoms with Crippen molar-refractivity contribution in [3.05, 3.63) is 0 Å². The standard InChI is InChI=1S/C8H14N2S/c9-8(7-1-2-7)10-3-5-11-6-4-10/h7,9H,1-6H2. The number of hydrogen-bond donors (Lipinski definition) is 1. The Labute approximate surface area is 71.9 Å². The molecule has 0 aromatic carbocycles. The van der Waals surface area contributed by atoms with Crippen molar-refractivity contribution in [2.45, 2.75) is 12.8 Å². The summed E-state index contributed by atoms with van der Waals surface area (Å²) in [5, 5.41) is 7.82. The Bertz CT molecular complexity index is 159. The maximum absolute atomic E-state index is 7.82. The lowest BCUT2D eigenvalue weighted by atomic mass is 10.3. The molecule has 11 heavy (non-hydrogen) atoms. The number of hydrogen-bond acceptors (Lipinski definition) is 2. The van der Waals surface area contributed by atoms with Gasteiger partial charge in [-0.3, -0.25) is 5.41 Å². The Morgan fingerprint density at radius 3 is 2.45 bits per heavy atom. The second-order valence-electron chi connectivity index (χ2n) is 3.26. The van der Waals surface area contributed by atoms with E-state index in [0.717, 1.165) is 18.9 Å². The van der Waals surface area contributed by atoms with Crippen LogP contribution in [0.15, 0.2) is 0 Å². The van der Waals surface area contributed by atoms with Crippen LogP contribution in [0.25, 0.3) is 0 Å². The predicted molar refractivity (Wildman–Crippen MR) is 49.3 cm³/mol. The molecule has 0 bridgehead atoms. The van der Waals surface area contributed by atoms with Gasteiger partial charge in [0, 0.05) is 30.5 Å². The van der Waals surface area contributed by atoms with Gasteiger partial charge in [0.25, 0.3) is 0 Å². The molecule has 0 radical (unpaired) electrons. The zero-order valence-corrected chi connectivity index (χ0v) is 7.49. The van der Waals surface area contributed by atoms with Crippen LogP contribution in [0.2, 0.25) is 0 Å². The zero-order valence-electron chi connectivity index (χ0n) is 6.68. The van der Waals surface area contributed by atoms with Crippen LogP contribution in [-0.2, 0) is 0 Å². The molecule has 1 aliphatic heterocycles. The van der Waals surface area contributed by atoms with Crippen LogP contribution in [0.5, 0.6) is 0 Å². The van der Waals surface area contributed by atoms with Gasteiger partial charge in [0.1, 0.15) is 0 Å². The van der Waals surface area contributed by atoms with E-state index in [1.165, 1.54) is 24.3 Å². The monoisotopic (exact) mass is 170 g/mol. The Hall–Kier alpha value is -0.180. The first-order valence-electron chi connectivity index (χ1n) is 4.29. The van der Waals surface area contributed by atoms with Crippen molar-refractivity contribution in [3.63, 3.8) is 0 Å². The summed E-state index contributed by atoms with van der Waals surface area (Å²) in [6.45, 7) is 2.22. The third-order valence-electron chi connectivity index (χ3n) is 2.32. The first kappa shape index (κ1) is 7.47. The van der Waals surface area contributed by atoms with Gasteiger partial charge in [0.15, 0.2) is 0 Å². The molecule has 3 heteroatoms. The van der Waals surface area contributed by atoms with Gasteiger partial charge in [-0.15, -0.1) is 0 Å². The van der Waals surface area contributed by atoms with Crippen molar-refractivity contribution < 1.29 is 0 Å². The highest BCUT2D eigenvalue weighted by molar-refractivity contribution is 7.99. The lowest BCUT2D eigenvalue weighted by Gasteiger charge is -2.28. The summed E-state index contributed by atoms with van der Waals surface area (Å²) in [6.07, 6.45) is 2.53. The second-order valence-corrected chi connectivity index (χ2v) is 4.48. The predicted octanol–water partition coefficient (Wildman–Crippen LogP) is 1.42. The molecule has 1 saturated carbocycles. The van der Waals surface area contributed by atoms with Gasteiger partial charge in [-0.25, -0.2) is 0 Å². The molecule has 2 fully saturated rings. The van der Waals surface area contributed by atoms with E-state index in [2.05, 4.69) is 4.90 Å². The summed E-state index contributed by atoms with van der Waals surface area (Å²) in [7, 11) is 0. The zero-order chi connectivity index (χ0) is 7.68.